The second kappa shape index (κ2) is 6.00. The number of nitrogens with two attached hydrogens (primary N) is 1. The van der Waals surface area contributed by atoms with Gasteiger partial charge in [-0.1, -0.05) is 6.08 Å². The first-order valence-electron chi connectivity index (χ1n) is 6.45. The zero-order valence-electron chi connectivity index (χ0n) is 11.4. The van der Waals surface area contributed by atoms with Crippen molar-refractivity contribution in [1.29, 1.82) is 5.41 Å². The van der Waals surface area contributed by atoms with E-state index in [1.54, 1.807) is 11.5 Å². The molecule has 2 aliphatic heterocycles. The van der Waals surface area contributed by atoms with Crippen LogP contribution in [0.25, 0.3) is 0 Å². The van der Waals surface area contributed by atoms with Crippen LogP contribution in [0.4, 0.5) is 0 Å². The molecule has 0 spiro atoms. The van der Waals surface area contributed by atoms with Crippen LogP contribution in [-0.4, -0.2) is 51.4 Å². The van der Waals surface area contributed by atoms with Crippen molar-refractivity contribution in [2.75, 3.05) is 0 Å². The zero-order valence-corrected chi connectivity index (χ0v) is 12.2. The van der Waals surface area contributed by atoms with Crippen LogP contribution in [0.5, 0.6) is 0 Å². The predicted octanol–water partition coefficient (Wildman–Crippen LogP) is 0.118. The van der Waals surface area contributed by atoms with E-state index >= 15 is 0 Å². The summed E-state index contributed by atoms with van der Waals surface area (Å²) in [7, 11) is 0. The molecule has 7 nitrogen and oxygen atoms in total. The number of amides is 1. The van der Waals surface area contributed by atoms with Crippen LogP contribution in [0, 0.1) is 11.3 Å². The van der Waals surface area contributed by atoms with E-state index < -0.39 is 24.0 Å². The Labute approximate surface area is 126 Å². The van der Waals surface area contributed by atoms with Crippen molar-refractivity contribution in [3.63, 3.8) is 0 Å². The van der Waals surface area contributed by atoms with Gasteiger partial charge in [-0.15, -0.1) is 11.8 Å². The van der Waals surface area contributed by atoms with Gasteiger partial charge in [-0.3, -0.25) is 4.79 Å². The van der Waals surface area contributed by atoms with Crippen LogP contribution < -0.4 is 5.73 Å². The molecule has 1 amide bonds. The average Bonchev–Trinajstić information content (AvgIpc) is 2.72. The Morgan fingerprint density at radius 1 is 1.62 bits per heavy atom. The quantitative estimate of drug-likeness (QED) is 0.407. The van der Waals surface area contributed by atoms with Crippen molar-refractivity contribution in [3.05, 3.63) is 22.1 Å². The summed E-state index contributed by atoms with van der Waals surface area (Å²) in [5.74, 6) is -2.03. The van der Waals surface area contributed by atoms with E-state index in [9.17, 15) is 19.8 Å². The van der Waals surface area contributed by atoms with Gasteiger partial charge in [0.2, 0.25) is 5.91 Å². The maximum atomic E-state index is 12.0. The first kappa shape index (κ1) is 15.7. The number of nitrogens with one attached hydrogen (secondary N) is 1. The summed E-state index contributed by atoms with van der Waals surface area (Å²) in [5.41, 5.74) is 5.52. The first-order valence-corrected chi connectivity index (χ1v) is 7.33. The fraction of sp³-hybridized carbons (Fsp3) is 0.462. The van der Waals surface area contributed by atoms with Gasteiger partial charge in [0.1, 0.15) is 5.70 Å². The van der Waals surface area contributed by atoms with Crippen LogP contribution in [0.3, 0.4) is 0 Å². The number of carboxylic acid groups (broad SMARTS) is 1. The van der Waals surface area contributed by atoms with Crippen molar-refractivity contribution >= 4 is 29.9 Å². The number of carboxylic acids is 1. The zero-order chi connectivity index (χ0) is 15.7. The fourth-order valence-electron chi connectivity index (χ4n) is 2.60. The summed E-state index contributed by atoms with van der Waals surface area (Å²) < 4.78 is 0. The molecule has 21 heavy (non-hydrogen) atoms. The summed E-state index contributed by atoms with van der Waals surface area (Å²) in [6, 6.07) is -0.799. The Balaban J connectivity index is 2.17. The third-order valence-electron chi connectivity index (χ3n) is 3.59. The lowest BCUT2D eigenvalue weighted by Gasteiger charge is -2.44. The van der Waals surface area contributed by atoms with E-state index in [2.05, 4.69) is 0 Å². The van der Waals surface area contributed by atoms with E-state index in [-0.39, 0.29) is 17.6 Å². The average molecular weight is 311 g/mol. The van der Waals surface area contributed by atoms with Gasteiger partial charge in [0.15, 0.2) is 0 Å². The number of carbonyl (C=O) groups excluding carboxylic acids is 1. The fourth-order valence-corrected chi connectivity index (χ4v) is 3.59. The second-order valence-corrected chi connectivity index (χ2v) is 6.01. The summed E-state index contributed by atoms with van der Waals surface area (Å²) in [6.45, 7) is 1.54. The molecule has 0 saturated carbocycles. The minimum atomic E-state index is -1.15. The second-order valence-electron chi connectivity index (χ2n) is 5.01. The molecule has 0 aromatic heterocycles. The normalized spacial score (nSPS) is 27.6. The molecule has 114 valence electrons. The first-order chi connectivity index (χ1) is 9.88. The van der Waals surface area contributed by atoms with Crippen LogP contribution >= 0.6 is 11.8 Å². The van der Waals surface area contributed by atoms with Crippen LogP contribution in [0.2, 0.25) is 0 Å². The van der Waals surface area contributed by atoms with Crippen molar-refractivity contribution in [3.8, 4) is 0 Å². The summed E-state index contributed by atoms with van der Waals surface area (Å²) in [5, 5.41) is 27.5. The van der Waals surface area contributed by atoms with Gasteiger partial charge in [-0.25, -0.2) is 4.79 Å². The highest BCUT2D eigenvalue weighted by Crippen LogP contribution is 2.47. The third-order valence-corrected chi connectivity index (χ3v) is 4.53. The molecule has 8 heteroatoms. The van der Waals surface area contributed by atoms with Gasteiger partial charge < -0.3 is 26.3 Å². The molecule has 0 radical (unpaired) electrons. The van der Waals surface area contributed by atoms with Crippen molar-refractivity contribution in [1.82, 2.24) is 4.90 Å². The molecule has 0 bridgehead atoms. The standard InChI is InChI=1S/C13H17N3O4S/c1-6(17)10-8-4-9(21-3-2-7(15)5-14)11(13(19)20)16(8)12(10)18/h2-3,5-8,10,14,17H,4,15H2,1H3,(H,19,20)/b3-2-,14-5?/t6-,7?,8+,10-/m0/s1. The van der Waals surface area contributed by atoms with Gasteiger partial charge in [0.25, 0.3) is 0 Å². The summed E-state index contributed by atoms with van der Waals surface area (Å²) >= 11 is 1.19. The number of nitrogens with zero attached hydrogens (tertiary/aromatic N) is 1. The van der Waals surface area contributed by atoms with E-state index in [1.807, 2.05) is 0 Å². The molecular formula is C13H17N3O4S. The minimum absolute atomic E-state index is 0.0139. The molecule has 0 aliphatic carbocycles. The highest BCUT2D eigenvalue weighted by molar-refractivity contribution is 8.05. The number of carbonyl (C=O) groups is 2. The van der Waals surface area contributed by atoms with Crippen LogP contribution in [0.1, 0.15) is 13.3 Å². The molecular weight excluding hydrogens is 294 g/mol. The molecule has 2 aliphatic rings. The Bertz CT molecular complexity index is 544. The largest absolute Gasteiger partial charge is 0.477 e. The molecule has 0 aromatic rings. The predicted molar refractivity (Wildman–Crippen MR) is 78.6 cm³/mol. The lowest BCUT2D eigenvalue weighted by atomic mass is 9.83. The number of hydrogen-bond donors (Lipinski definition) is 4. The Morgan fingerprint density at radius 3 is 2.81 bits per heavy atom. The number of thioether (sulfide) groups is 1. The van der Waals surface area contributed by atoms with Crippen molar-refractivity contribution in [2.45, 2.75) is 31.5 Å². The molecule has 1 saturated heterocycles. The lowest BCUT2D eigenvalue weighted by molar-refractivity contribution is -0.161. The maximum Gasteiger partial charge on any atom is 0.353 e. The number of aliphatic hydroxyl groups is 1. The molecule has 0 aromatic carbocycles. The highest BCUT2D eigenvalue weighted by atomic mass is 32.2. The molecule has 2 heterocycles. The minimum Gasteiger partial charge on any atom is -0.477 e. The van der Waals surface area contributed by atoms with Crippen molar-refractivity contribution < 1.29 is 19.8 Å². The Morgan fingerprint density at radius 2 is 2.29 bits per heavy atom. The van der Waals surface area contributed by atoms with Gasteiger partial charge in [-0.05, 0) is 12.3 Å². The van der Waals surface area contributed by atoms with Gasteiger partial charge in [0.05, 0.1) is 24.1 Å². The monoisotopic (exact) mass is 311 g/mol. The highest BCUT2D eigenvalue weighted by Gasteiger charge is 2.56. The SMILES string of the molecule is C[C@H](O)[C@@H]1C(=O)N2C(C(=O)O)=C(S/C=C\C(N)C=N)C[C@H]12. The Hall–Kier alpha value is -1.64. The van der Waals surface area contributed by atoms with E-state index in [0.29, 0.717) is 11.3 Å². The topological polar surface area (TPSA) is 128 Å². The van der Waals surface area contributed by atoms with Gasteiger partial charge in [-0.2, -0.15) is 0 Å². The van der Waals surface area contributed by atoms with E-state index in [0.717, 1.165) is 6.21 Å². The lowest BCUT2D eigenvalue weighted by Crippen LogP contribution is -2.61. The van der Waals surface area contributed by atoms with Crippen molar-refractivity contribution in [2.24, 2.45) is 11.7 Å². The number of β-lactam (4-membered cyclic amide) rings is 1. The third kappa shape index (κ3) is 2.74. The number of aliphatic hydroxyl groups excluding tert-OH is 1. The molecule has 1 unspecified atom stereocenters. The van der Waals surface area contributed by atoms with Gasteiger partial charge >= 0.3 is 5.97 Å². The number of rotatable bonds is 6. The summed E-state index contributed by atoms with van der Waals surface area (Å²) in [6.07, 6.45) is 2.27. The van der Waals surface area contributed by atoms with Gasteiger partial charge in [0, 0.05) is 17.5 Å². The summed E-state index contributed by atoms with van der Waals surface area (Å²) in [4.78, 5) is 25.2. The number of fused-ring (bicyclic) bond motifs is 1. The molecule has 5 N–H and O–H groups in total. The van der Waals surface area contributed by atoms with E-state index in [4.69, 9.17) is 11.1 Å². The maximum absolute atomic E-state index is 12.0. The molecule has 2 rings (SSSR count). The molecule has 1 fully saturated rings. The van der Waals surface area contributed by atoms with Crippen LogP contribution in [0.15, 0.2) is 22.1 Å². The smallest absolute Gasteiger partial charge is 0.353 e. The van der Waals surface area contributed by atoms with Crippen LogP contribution in [-0.2, 0) is 9.59 Å². The number of hydrogen-bond acceptors (Lipinski definition) is 6. The molecule has 4 atom stereocenters. The number of aliphatic carboxylic acids is 1. The Kier molecular flexibility index (Phi) is 4.50. The van der Waals surface area contributed by atoms with E-state index in [1.165, 1.54) is 23.6 Å².